The van der Waals surface area contributed by atoms with Crippen molar-refractivity contribution < 1.29 is 4.79 Å². The molecule has 1 saturated carbocycles. The van der Waals surface area contributed by atoms with Crippen LogP contribution in [0.3, 0.4) is 0 Å². The second kappa shape index (κ2) is 7.75. The van der Waals surface area contributed by atoms with Crippen molar-refractivity contribution in [2.75, 3.05) is 13.1 Å². The van der Waals surface area contributed by atoms with E-state index in [-0.39, 0.29) is 17.5 Å². The second-order valence-corrected chi connectivity index (χ2v) is 9.87. The molecule has 2 fully saturated rings. The van der Waals surface area contributed by atoms with E-state index in [4.69, 9.17) is 16.6 Å². The third-order valence-electron chi connectivity index (χ3n) is 7.24. The SMILES string of the molecule is CC(C)N1CCc2c(nc([C@H]3CCCN3C(=O)C3(c4ccc(Cl)cc4)CC3)[nH]c2=O)C1. The molecule has 2 aromatic rings. The predicted molar refractivity (Wildman–Crippen MR) is 120 cm³/mol. The summed E-state index contributed by atoms with van der Waals surface area (Å²) in [5, 5.41) is 0.678. The largest absolute Gasteiger partial charge is 0.332 e. The molecule has 31 heavy (non-hydrogen) atoms. The number of carbonyl (C=O) groups excluding carboxylic acids is 1. The molecule has 5 rings (SSSR count). The van der Waals surface area contributed by atoms with Crippen molar-refractivity contribution in [2.45, 2.75) is 70.0 Å². The van der Waals surface area contributed by atoms with Crippen LogP contribution in [0.5, 0.6) is 0 Å². The number of H-pyrrole nitrogens is 1. The first-order chi connectivity index (χ1) is 14.9. The molecule has 0 unspecified atom stereocenters. The number of nitrogens with one attached hydrogen (secondary N) is 1. The number of hydrogen-bond acceptors (Lipinski definition) is 4. The Morgan fingerprint density at radius 1 is 1.23 bits per heavy atom. The van der Waals surface area contributed by atoms with Gasteiger partial charge in [0.05, 0.1) is 17.2 Å². The Morgan fingerprint density at radius 2 is 1.97 bits per heavy atom. The van der Waals surface area contributed by atoms with Crippen LogP contribution in [-0.4, -0.2) is 44.8 Å². The fraction of sp³-hybridized carbons (Fsp3) is 0.542. The molecule has 1 amide bonds. The van der Waals surface area contributed by atoms with Gasteiger partial charge in [-0.15, -0.1) is 0 Å². The van der Waals surface area contributed by atoms with Gasteiger partial charge in [0.15, 0.2) is 0 Å². The third kappa shape index (κ3) is 3.60. The monoisotopic (exact) mass is 440 g/mol. The Balaban J connectivity index is 1.44. The van der Waals surface area contributed by atoms with Crippen molar-refractivity contribution in [3.63, 3.8) is 0 Å². The molecule has 1 atom stereocenters. The van der Waals surface area contributed by atoms with E-state index >= 15 is 0 Å². The number of carbonyl (C=O) groups is 1. The van der Waals surface area contributed by atoms with Crippen LogP contribution in [0.15, 0.2) is 29.1 Å². The summed E-state index contributed by atoms with van der Waals surface area (Å²) in [6.45, 7) is 6.62. The van der Waals surface area contributed by atoms with Gasteiger partial charge in [-0.2, -0.15) is 0 Å². The maximum absolute atomic E-state index is 13.7. The van der Waals surface area contributed by atoms with Gasteiger partial charge in [0.2, 0.25) is 5.91 Å². The maximum atomic E-state index is 13.7. The Morgan fingerprint density at radius 3 is 2.65 bits per heavy atom. The Hall–Kier alpha value is -2.18. The van der Waals surface area contributed by atoms with Crippen LogP contribution in [0.25, 0.3) is 0 Å². The van der Waals surface area contributed by atoms with Gasteiger partial charge < -0.3 is 9.88 Å². The first kappa shape index (κ1) is 20.7. The fourth-order valence-electron chi connectivity index (χ4n) is 5.17. The van der Waals surface area contributed by atoms with Crippen molar-refractivity contribution in [2.24, 2.45) is 0 Å². The van der Waals surface area contributed by atoms with E-state index in [1.165, 1.54) is 0 Å². The molecular weight excluding hydrogens is 412 g/mol. The van der Waals surface area contributed by atoms with Crippen LogP contribution in [0.4, 0.5) is 0 Å². The van der Waals surface area contributed by atoms with Crippen LogP contribution in [0.2, 0.25) is 5.02 Å². The Labute approximate surface area is 187 Å². The molecule has 1 N–H and O–H groups in total. The Bertz CT molecular complexity index is 1060. The van der Waals surface area contributed by atoms with Gasteiger partial charge in [-0.05, 0) is 63.6 Å². The number of hydrogen-bond donors (Lipinski definition) is 1. The van der Waals surface area contributed by atoms with Crippen LogP contribution >= 0.6 is 11.6 Å². The van der Waals surface area contributed by atoms with E-state index in [1.54, 1.807) is 0 Å². The van der Waals surface area contributed by atoms with E-state index in [0.717, 1.165) is 55.5 Å². The number of halogens is 1. The zero-order valence-corrected chi connectivity index (χ0v) is 18.9. The summed E-state index contributed by atoms with van der Waals surface area (Å²) in [7, 11) is 0. The lowest BCUT2D eigenvalue weighted by Crippen LogP contribution is -2.42. The minimum atomic E-state index is -0.448. The number of fused-ring (bicyclic) bond motifs is 1. The van der Waals surface area contributed by atoms with E-state index in [2.05, 4.69) is 23.7 Å². The van der Waals surface area contributed by atoms with Gasteiger partial charge in [-0.25, -0.2) is 4.98 Å². The first-order valence-corrected chi connectivity index (χ1v) is 11.7. The number of benzene rings is 1. The minimum absolute atomic E-state index is 0.0402. The third-order valence-corrected chi connectivity index (χ3v) is 7.49. The zero-order chi connectivity index (χ0) is 21.8. The maximum Gasteiger partial charge on any atom is 0.254 e. The lowest BCUT2D eigenvalue weighted by Gasteiger charge is -2.32. The van der Waals surface area contributed by atoms with Crippen LogP contribution in [-0.2, 0) is 23.2 Å². The van der Waals surface area contributed by atoms with Gasteiger partial charge in [-0.1, -0.05) is 23.7 Å². The lowest BCUT2D eigenvalue weighted by molar-refractivity contribution is -0.135. The first-order valence-electron chi connectivity index (χ1n) is 11.3. The molecule has 0 bridgehead atoms. The molecule has 164 valence electrons. The highest BCUT2D eigenvalue weighted by atomic mass is 35.5. The van der Waals surface area contributed by atoms with Crippen molar-refractivity contribution in [1.82, 2.24) is 19.8 Å². The second-order valence-electron chi connectivity index (χ2n) is 9.44. The molecule has 1 saturated heterocycles. The molecule has 6 nitrogen and oxygen atoms in total. The minimum Gasteiger partial charge on any atom is -0.332 e. The summed E-state index contributed by atoms with van der Waals surface area (Å²) in [4.78, 5) is 38.7. The molecule has 2 aliphatic heterocycles. The standard InChI is InChI=1S/C24H29ClN4O2/c1-15(2)28-13-9-18-19(14-28)26-21(27-22(18)30)20-4-3-12-29(20)23(31)24(10-11-24)16-5-7-17(25)8-6-16/h5-8,15,20H,3-4,9-14H2,1-2H3,(H,26,27,30)/t20-/m1/s1. The normalized spacial score (nSPS) is 22.6. The van der Waals surface area contributed by atoms with Crippen LogP contribution < -0.4 is 5.56 Å². The fourth-order valence-corrected chi connectivity index (χ4v) is 5.29. The number of amides is 1. The zero-order valence-electron chi connectivity index (χ0n) is 18.2. The number of likely N-dealkylation sites (tertiary alicyclic amines) is 1. The number of aromatic amines is 1. The van der Waals surface area contributed by atoms with Crippen molar-refractivity contribution in [3.8, 4) is 0 Å². The van der Waals surface area contributed by atoms with E-state index in [9.17, 15) is 9.59 Å². The van der Waals surface area contributed by atoms with E-state index < -0.39 is 5.41 Å². The molecule has 0 spiro atoms. The molecule has 1 aromatic heterocycles. The van der Waals surface area contributed by atoms with E-state index in [0.29, 0.717) is 30.0 Å². The van der Waals surface area contributed by atoms with Crippen molar-refractivity contribution >= 4 is 17.5 Å². The van der Waals surface area contributed by atoms with Crippen molar-refractivity contribution in [3.05, 3.63) is 62.3 Å². The van der Waals surface area contributed by atoms with Gasteiger partial charge in [0.1, 0.15) is 5.82 Å². The van der Waals surface area contributed by atoms with Gasteiger partial charge in [0.25, 0.3) is 5.56 Å². The Kier molecular flexibility index (Phi) is 5.18. The lowest BCUT2D eigenvalue weighted by atomic mass is 9.94. The highest BCUT2D eigenvalue weighted by Gasteiger charge is 2.54. The average molecular weight is 441 g/mol. The highest BCUT2D eigenvalue weighted by molar-refractivity contribution is 6.30. The van der Waals surface area contributed by atoms with Crippen molar-refractivity contribution in [1.29, 1.82) is 0 Å². The van der Waals surface area contributed by atoms with Gasteiger partial charge in [0, 0.05) is 36.3 Å². The topological polar surface area (TPSA) is 69.3 Å². The highest BCUT2D eigenvalue weighted by Crippen LogP contribution is 2.51. The smallest absolute Gasteiger partial charge is 0.254 e. The molecule has 1 aliphatic carbocycles. The number of rotatable bonds is 4. The summed E-state index contributed by atoms with van der Waals surface area (Å²) >= 11 is 6.05. The summed E-state index contributed by atoms with van der Waals surface area (Å²) < 4.78 is 0. The van der Waals surface area contributed by atoms with Gasteiger partial charge >= 0.3 is 0 Å². The number of nitrogens with zero attached hydrogens (tertiary/aromatic N) is 3. The van der Waals surface area contributed by atoms with Crippen LogP contribution in [0, 0.1) is 0 Å². The molecule has 1 aromatic carbocycles. The molecule has 0 radical (unpaired) electrons. The number of aromatic nitrogens is 2. The summed E-state index contributed by atoms with van der Waals surface area (Å²) in [6, 6.07) is 7.90. The summed E-state index contributed by atoms with van der Waals surface area (Å²) in [5.74, 6) is 0.800. The quantitative estimate of drug-likeness (QED) is 0.788. The van der Waals surface area contributed by atoms with Gasteiger partial charge in [-0.3, -0.25) is 14.5 Å². The molecule has 3 heterocycles. The summed E-state index contributed by atoms with van der Waals surface area (Å²) in [6.07, 6.45) is 4.19. The average Bonchev–Trinajstić information content (AvgIpc) is 3.42. The molecule has 3 aliphatic rings. The molecule has 7 heteroatoms. The molecular formula is C24H29ClN4O2. The van der Waals surface area contributed by atoms with E-state index in [1.807, 2.05) is 29.2 Å². The predicted octanol–water partition coefficient (Wildman–Crippen LogP) is 3.59. The summed E-state index contributed by atoms with van der Waals surface area (Å²) in [5.41, 5.74) is 2.22. The van der Waals surface area contributed by atoms with Crippen LogP contribution in [0.1, 0.15) is 68.2 Å².